The molecule has 186 valence electrons. The molecule has 0 atom stereocenters. The van der Waals surface area contributed by atoms with Crippen molar-refractivity contribution in [3.8, 4) is 0 Å². The van der Waals surface area contributed by atoms with Gasteiger partial charge >= 0.3 is 172 Å². The van der Waals surface area contributed by atoms with Crippen LogP contribution in [0, 0.1) is 0 Å². The van der Waals surface area contributed by atoms with E-state index in [9.17, 15) is 0 Å². The predicted octanol–water partition coefficient (Wildman–Crippen LogP) is -14.4. The molecule has 2 radical (unpaired) electrons. The van der Waals surface area contributed by atoms with E-state index >= 15 is 0 Å². The van der Waals surface area contributed by atoms with Gasteiger partial charge in [0, 0.05) is 0 Å². The Morgan fingerprint density at radius 2 is 0.167 bits per heavy atom. The van der Waals surface area contributed by atoms with Crippen LogP contribution in [0.3, 0.4) is 0 Å². The first-order valence-corrected chi connectivity index (χ1v) is 0. The molecule has 0 aliphatic rings. The molecular formula is H24Cl2Fe2Mg6O20. The zero-order valence-electron chi connectivity index (χ0n) is 14.9. The van der Waals surface area contributed by atoms with Crippen LogP contribution in [-0.4, -0.2) is 248 Å². The van der Waals surface area contributed by atoms with Crippen LogP contribution in [0.1, 0.15) is 0 Å². The van der Waals surface area contributed by atoms with Gasteiger partial charge in [-0.1, -0.05) is 0 Å². The maximum Gasteiger partial charge on any atom is 3.00 e. The van der Waals surface area contributed by atoms with Gasteiger partial charge < -0.3 is 134 Å². The van der Waals surface area contributed by atoms with Crippen molar-refractivity contribution in [1.82, 2.24) is 0 Å². The normalized spacial score (nSPS) is 0. The van der Waals surface area contributed by atoms with Gasteiger partial charge in [0.15, 0.2) is 0 Å². The summed E-state index contributed by atoms with van der Waals surface area (Å²) in [6.07, 6.45) is 0. The summed E-state index contributed by atoms with van der Waals surface area (Å²) in [6.45, 7) is 0. The summed E-state index contributed by atoms with van der Waals surface area (Å²) in [5.41, 5.74) is 0. The first-order chi connectivity index (χ1) is 0. The zero-order valence-corrected chi connectivity index (χ0v) is 27.1. The largest absolute Gasteiger partial charge is 3.00 e. The molecule has 0 aliphatic heterocycles. The minimum atomic E-state index is 0. The van der Waals surface area contributed by atoms with Gasteiger partial charge in [-0.25, -0.2) is 0 Å². The average molecular weight is 673 g/mol. The third-order valence-corrected chi connectivity index (χ3v) is 0. The maximum atomic E-state index is 0. The molecule has 0 fully saturated rings. The molecule has 0 saturated heterocycles. The topological polar surface area (TPSA) is 606 Å². The fraction of sp³-hybridized carbons (Fsp3) is 0. The van der Waals surface area contributed by atoms with Gasteiger partial charge in [0.05, 0.1) is 0 Å². The number of rotatable bonds is 0. The Bertz CT molecular complexity index is 41.3. The summed E-state index contributed by atoms with van der Waals surface area (Å²) in [5, 5.41) is 0. The second kappa shape index (κ2) is 1310. The van der Waals surface area contributed by atoms with Crippen molar-refractivity contribution in [1.29, 1.82) is 0 Å². The van der Waals surface area contributed by atoms with Crippen LogP contribution < -0.4 is 24.8 Å². The van der Waals surface area contributed by atoms with Crippen LogP contribution in [-0.2, 0) is 34.1 Å². The van der Waals surface area contributed by atoms with Gasteiger partial charge in [0.2, 0.25) is 0 Å². The summed E-state index contributed by atoms with van der Waals surface area (Å²) < 4.78 is 0. The van der Waals surface area contributed by atoms with Gasteiger partial charge in [-0.05, 0) is 0 Å². The molecule has 0 amide bonds. The molecular weight excluding hydrogens is 648 g/mol. The SMILES string of the molecule is O.O.O.O.[Cl-].[Cl-].[Fe+3].[Fe+3].[Mg+2].[Mg+2].[Mg+2].[Mg+2].[Mg+2].[Mg+2].[OH-].[OH-].[OH-].[OH-].[OH-].[OH-].[OH-].[OH-].[OH-].[OH-].[OH-].[OH-].[OH-].[OH-].[OH-].[OH-]. The summed E-state index contributed by atoms with van der Waals surface area (Å²) in [6, 6.07) is 0. The molecule has 0 bridgehead atoms. The molecule has 0 aliphatic carbocycles. The fourth-order valence-electron chi connectivity index (χ4n) is 0. The Morgan fingerprint density at radius 1 is 0.167 bits per heavy atom. The Kier molecular flexibility index (Phi) is 62400. The minimum Gasteiger partial charge on any atom is -1.00 e. The van der Waals surface area contributed by atoms with Crippen molar-refractivity contribution >= 4 is 138 Å². The third-order valence-electron chi connectivity index (χ3n) is 0. The third kappa shape index (κ3) is 1200. The molecule has 0 aromatic carbocycles. The van der Waals surface area contributed by atoms with Gasteiger partial charge in [-0.2, -0.15) is 0 Å². The Hall–Kier alpha value is 5.42. The van der Waals surface area contributed by atoms with Gasteiger partial charge in [0.1, 0.15) is 0 Å². The zero-order chi connectivity index (χ0) is 0. The van der Waals surface area contributed by atoms with Crippen LogP contribution in [0.2, 0.25) is 0 Å². The standard InChI is InChI=1S/2ClH.2Fe.6Mg.20H2O/h2*1H;;;;;;;;;20*1H2/q;;2*+3;6*+2;;;;;;;;;;;;;;;;;;;;/p-18. The summed E-state index contributed by atoms with van der Waals surface area (Å²) >= 11 is 0. The second-order valence-corrected chi connectivity index (χ2v) is 0. The molecule has 0 aromatic rings. The van der Waals surface area contributed by atoms with Crippen LogP contribution in [0.15, 0.2) is 0 Å². The van der Waals surface area contributed by atoms with Crippen LogP contribution in [0.4, 0.5) is 0 Å². The number of hydrogen-bond acceptors (Lipinski definition) is 16. The molecule has 20 nitrogen and oxygen atoms in total. The van der Waals surface area contributed by atoms with Crippen molar-refractivity contribution in [2.75, 3.05) is 0 Å². The number of hydrogen-bond donors (Lipinski definition) is 0. The minimum absolute atomic E-state index is 0. The molecule has 0 aromatic heterocycles. The van der Waals surface area contributed by atoms with E-state index in [-0.39, 0.29) is 307 Å². The van der Waals surface area contributed by atoms with E-state index in [0.29, 0.717) is 0 Å². The smallest absolute Gasteiger partial charge is 1.00 e. The molecule has 30 heteroatoms. The molecule has 0 rings (SSSR count). The Labute approximate surface area is 302 Å². The molecule has 30 heavy (non-hydrogen) atoms. The van der Waals surface area contributed by atoms with Crippen molar-refractivity contribution in [2.24, 2.45) is 0 Å². The Balaban J connectivity index is 0. The van der Waals surface area contributed by atoms with E-state index in [0.717, 1.165) is 0 Å². The van der Waals surface area contributed by atoms with Crippen molar-refractivity contribution < 1.29 is 168 Å². The van der Waals surface area contributed by atoms with Crippen LogP contribution in [0.5, 0.6) is 0 Å². The van der Waals surface area contributed by atoms with Crippen molar-refractivity contribution in [2.45, 2.75) is 0 Å². The quantitative estimate of drug-likeness (QED) is 0.215. The van der Waals surface area contributed by atoms with Crippen LogP contribution in [0.25, 0.3) is 0 Å². The van der Waals surface area contributed by atoms with E-state index in [1.807, 2.05) is 0 Å². The predicted molar refractivity (Wildman–Crippen MR) is 80.0 cm³/mol. The van der Waals surface area contributed by atoms with E-state index in [1.165, 1.54) is 0 Å². The van der Waals surface area contributed by atoms with Crippen molar-refractivity contribution in [3.63, 3.8) is 0 Å². The van der Waals surface area contributed by atoms with E-state index in [4.69, 9.17) is 0 Å². The van der Waals surface area contributed by atoms with Gasteiger partial charge in [-0.3, -0.25) is 0 Å². The van der Waals surface area contributed by atoms with Gasteiger partial charge in [0.25, 0.3) is 0 Å². The first-order valence-electron chi connectivity index (χ1n) is 0. The van der Waals surface area contributed by atoms with Crippen molar-refractivity contribution in [3.05, 3.63) is 0 Å². The summed E-state index contributed by atoms with van der Waals surface area (Å²) in [7, 11) is 0. The number of halogens is 2. The fourth-order valence-corrected chi connectivity index (χ4v) is 0. The second-order valence-electron chi connectivity index (χ2n) is 0. The Morgan fingerprint density at radius 3 is 0.167 bits per heavy atom. The van der Waals surface area contributed by atoms with Crippen LogP contribution >= 0.6 is 0 Å². The molecule has 0 saturated carbocycles. The molecule has 24 N–H and O–H groups in total. The molecule has 0 spiro atoms. The van der Waals surface area contributed by atoms with E-state index in [1.54, 1.807) is 0 Å². The molecule has 0 unspecified atom stereocenters. The monoisotopic (exact) mass is 670 g/mol. The maximum absolute atomic E-state index is 0. The van der Waals surface area contributed by atoms with Gasteiger partial charge in [-0.15, -0.1) is 0 Å². The molecule has 0 heterocycles. The van der Waals surface area contributed by atoms with E-state index in [2.05, 4.69) is 0 Å². The summed E-state index contributed by atoms with van der Waals surface area (Å²) in [5.74, 6) is 0. The summed E-state index contributed by atoms with van der Waals surface area (Å²) in [4.78, 5) is 0. The first kappa shape index (κ1) is 1430. The van der Waals surface area contributed by atoms with E-state index < -0.39 is 0 Å². The average Bonchev–Trinajstić information content (AvgIpc) is 0.